The Morgan fingerprint density at radius 1 is 1.28 bits per heavy atom. The molecule has 18 heavy (non-hydrogen) atoms. The molecule has 0 saturated heterocycles. The normalized spacial score (nSPS) is 14.2. The number of rotatable bonds is 8. The number of methoxy groups -OCH3 is 1. The zero-order valence-electron chi connectivity index (χ0n) is 11.6. The Hall–Kier alpha value is -1.06. The number of benzene rings is 1. The molecule has 0 bridgehead atoms. The van der Waals surface area contributed by atoms with E-state index in [0.717, 1.165) is 25.1 Å². The second-order valence-electron chi connectivity index (χ2n) is 4.85. The fourth-order valence-electron chi connectivity index (χ4n) is 1.99. The minimum absolute atomic E-state index is 0.280. The molecule has 3 heteroatoms. The highest BCUT2D eigenvalue weighted by atomic mass is 16.5. The van der Waals surface area contributed by atoms with Gasteiger partial charge in [0.1, 0.15) is 5.75 Å². The molecule has 0 fully saturated rings. The van der Waals surface area contributed by atoms with Crippen molar-refractivity contribution in [1.82, 2.24) is 5.32 Å². The lowest BCUT2D eigenvalue weighted by Gasteiger charge is -2.17. The Bertz CT molecular complexity index is 341. The summed E-state index contributed by atoms with van der Waals surface area (Å²) in [5.74, 6) is 1.33. The summed E-state index contributed by atoms with van der Waals surface area (Å²) in [6.45, 7) is 5.46. The second-order valence-corrected chi connectivity index (χ2v) is 4.85. The molecule has 1 aromatic carbocycles. The van der Waals surface area contributed by atoms with Crippen molar-refractivity contribution in [2.24, 2.45) is 5.92 Å². The molecule has 0 aromatic heterocycles. The first-order valence-electron chi connectivity index (χ1n) is 6.66. The number of aliphatic hydroxyl groups excluding tert-OH is 1. The predicted molar refractivity (Wildman–Crippen MR) is 74.9 cm³/mol. The summed E-state index contributed by atoms with van der Waals surface area (Å²) in [5, 5.41) is 12.4. The lowest BCUT2D eigenvalue weighted by Crippen LogP contribution is -2.21. The maximum absolute atomic E-state index is 8.95. The molecule has 0 radical (unpaired) electrons. The SMILES string of the molecule is COc1ccccc1C(C)NCCCC(C)CO. The van der Waals surface area contributed by atoms with Crippen molar-refractivity contribution >= 4 is 0 Å². The summed E-state index contributed by atoms with van der Waals surface area (Å²) < 4.78 is 5.36. The van der Waals surface area contributed by atoms with Crippen molar-refractivity contribution < 1.29 is 9.84 Å². The fourth-order valence-corrected chi connectivity index (χ4v) is 1.99. The number of nitrogens with one attached hydrogen (secondary N) is 1. The molecule has 1 rings (SSSR count). The third-order valence-electron chi connectivity index (χ3n) is 3.24. The van der Waals surface area contributed by atoms with E-state index in [-0.39, 0.29) is 12.6 Å². The Morgan fingerprint density at radius 3 is 2.67 bits per heavy atom. The fraction of sp³-hybridized carbons (Fsp3) is 0.600. The van der Waals surface area contributed by atoms with Gasteiger partial charge in [0.15, 0.2) is 0 Å². The summed E-state index contributed by atoms with van der Waals surface area (Å²) in [4.78, 5) is 0. The monoisotopic (exact) mass is 251 g/mol. The third kappa shape index (κ3) is 4.67. The van der Waals surface area contributed by atoms with E-state index in [4.69, 9.17) is 9.84 Å². The van der Waals surface area contributed by atoms with Gasteiger partial charge in [-0.1, -0.05) is 25.1 Å². The van der Waals surface area contributed by atoms with Crippen LogP contribution in [0.5, 0.6) is 5.75 Å². The molecule has 0 amide bonds. The zero-order chi connectivity index (χ0) is 13.4. The Kier molecular flexibility index (Phi) is 6.76. The van der Waals surface area contributed by atoms with Crippen molar-refractivity contribution in [3.8, 4) is 5.75 Å². The first kappa shape index (κ1) is 15.0. The lowest BCUT2D eigenvalue weighted by atomic mass is 10.1. The smallest absolute Gasteiger partial charge is 0.123 e. The zero-order valence-corrected chi connectivity index (χ0v) is 11.6. The first-order valence-corrected chi connectivity index (χ1v) is 6.66. The quantitative estimate of drug-likeness (QED) is 0.698. The van der Waals surface area contributed by atoms with Crippen LogP contribution in [0.4, 0.5) is 0 Å². The molecule has 0 heterocycles. The molecule has 2 atom stereocenters. The van der Waals surface area contributed by atoms with Crippen molar-refractivity contribution in [1.29, 1.82) is 0 Å². The van der Waals surface area contributed by atoms with Crippen LogP contribution < -0.4 is 10.1 Å². The average molecular weight is 251 g/mol. The van der Waals surface area contributed by atoms with E-state index >= 15 is 0 Å². The third-order valence-corrected chi connectivity index (χ3v) is 3.24. The van der Waals surface area contributed by atoms with Gasteiger partial charge in [-0.3, -0.25) is 0 Å². The molecule has 0 aliphatic rings. The summed E-state index contributed by atoms with van der Waals surface area (Å²) in [6, 6.07) is 8.38. The van der Waals surface area contributed by atoms with Crippen LogP contribution in [-0.4, -0.2) is 25.4 Å². The number of ether oxygens (including phenoxy) is 1. The average Bonchev–Trinajstić information content (AvgIpc) is 2.42. The lowest BCUT2D eigenvalue weighted by molar-refractivity contribution is 0.227. The van der Waals surface area contributed by atoms with Gasteiger partial charge in [0.25, 0.3) is 0 Å². The molecule has 0 aliphatic carbocycles. The number of aliphatic hydroxyl groups is 1. The van der Waals surface area contributed by atoms with E-state index in [2.05, 4.69) is 25.2 Å². The molecule has 3 nitrogen and oxygen atoms in total. The predicted octanol–water partition coefficient (Wildman–Crippen LogP) is 2.75. The Balaban J connectivity index is 2.38. The van der Waals surface area contributed by atoms with E-state index < -0.39 is 0 Å². The number of hydrogen-bond donors (Lipinski definition) is 2. The molecule has 0 saturated carbocycles. The summed E-state index contributed by atoms with van der Waals surface area (Å²) in [7, 11) is 1.70. The Labute approximate surface area is 110 Å². The van der Waals surface area contributed by atoms with Crippen LogP contribution in [0.3, 0.4) is 0 Å². The van der Waals surface area contributed by atoms with Gasteiger partial charge in [-0.15, -0.1) is 0 Å². The van der Waals surface area contributed by atoms with Gasteiger partial charge >= 0.3 is 0 Å². The van der Waals surface area contributed by atoms with Crippen molar-refractivity contribution in [3.05, 3.63) is 29.8 Å². The summed E-state index contributed by atoms with van der Waals surface area (Å²) in [6.07, 6.45) is 2.14. The standard InChI is InChI=1S/C15H25NO2/c1-12(11-17)7-6-10-16-13(2)14-8-4-5-9-15(14)18-3/h4-5,8-9,12-13,16-17H,6-7,10-11H2,1-3H3. The van der Waals surface area contributed by atoms with Crippen LogP contribution in [0.1, 0.15) is 38.3 Å². The van der Waals surface area contributed by atoms with Crippen LogP contribution in [-0.2, 0) is 0 Å². The molecule has 2 N–H and O–H groups in total. The van der Waals surface area contributed by atoms with Gasteiger partial charge in [-0.2, -0.15) is 0 Å². The van der Waals surface area contributed by atoms with E-state index in [1.165, 1.54) is 5.56 Å². The van der Waals surface area contributed by atoms with E-state index in [1.807, 2.05) is 18.2 Å². The van der Waals surface area contributed by atoms with E-state index in [1.54, 1.807) is 7.11 Å². The minimum Gasteiger partial charge on any atom is -0.496 e. The van der Waals surface area contributed by atoms with E-state index in [9.17, 15) is 0 Å². The first-order chi connectivity index (χ1) is 8.69. The Morgan fingerprint density at radius 2 is 2.00 bits per heavy atom. The molecule has 1 aromatic rings. The number of para-hydroxylation sites is 1. The van der Waals surface area contributed by atoms with Crippen molar-refractivity contribution in [2.45, 2.75) is 32.7 Å². The van der Waals surface area contributed by atoms with Crippen LogP contribution in [0, 0.1) is 5.92 Å². The van der Waals surface area contributed by atoms with Gasteiger partial charge in [-0.25, -0.2) is 0 Å². The topological polar surface area (TPSA) is 41.5 Å². The van der Waals surface area contributed by atoms with Crippen LogP contribution in [0.25, 0.3) is 0 Å². The molecular weight excluding hydrogens is 226 g/mol. The highest BCUT2D eigenvalue weighted by Gasteiger charge is 2.09. The molecule has 102 valence electrons. The van der Waals surface area contributed by atoms with Crippen molar-refractivity contribution in [3.63, 3.8) is 0 Å². The van der Waals surface area contributed by atoms with Crippen LogP contribution >= 0.6 is 0 Å². The minimum atomic E-state index is 0.280. The van der Waals surface area contributed by atoms with Gasteiger partial charge in [-0.05, 0) is 38.3 Å². The maximum atomic E-state index is 8.95. The second kappa shape index (κ2) is 8.11. The van der Waals surface area contributed by atoms with Gasteiger partial charge in [0, 0.05) is 18.2 Å². The van der Waals surface area contributed by atoms with Gasteiger partial charge < -0.3 is 15.2 Å². The van der Waals surface area contributed by atoms with Crippen LogP contribution in [0.2, 0.25) is 0 Å². The summed E-state index contributed by atoms with van der Waals surface area (Å²) >= 11 is 0. The molecule has 2 unspecified atom stereocenters. The summed E-state index contributed by atoms with van der Waals surface area (Å²) in [5.41, 5.74) is 1.19. The highest BCUT2D eigenvalue weighted by Crippen LogP contribution is 2.24. The van der Waals surface area contributed by atoms with Crippen LogP contribution in [0.15, 0.2) is 24.3 Å². The van der Waals surface area contributed by atoms with Crippen molar-refractivity contribution in [2.75, 3.05) is 20.3 Å². The maximum Gasteiger partial charge on any atom is 0.123 e. The number of hydrogen-bond acceptors (Lipinski definition) is 3. The van der Waals surface area contributed by atoms with Gasteiger partial charge in [0.05, 0.1) is 7.11 Å². The molecular formula is C15H25NO2. The molecule has 0 aliphatic heterocycles. The van der Waals surface area contributed by atoms with Gasteiger partial charge in [0.2, 0.25) is 0 Å². The molecule has 0 spiro atoms. The highest BCUT2D eigenvalue weighted by molar-refractivity contribution is 5.35. The largest absolute Gasteiger partial charge is 0.496 e. The van der Waals surface area contributed by atoms with E-state index in [0.29, 0.717) is 5.92 Å².